The average Bonchev–Trinajstić information content (AvgIpc) is 3.20. The van der Waals surface area contributed by atoms with Crippen molar-refractivity contribution in [1.82, 2.24) is 0 Å². The van der Waals surface area contributed by atoms with Crippen molar-refractivity contribution in [3.8, 4) is 11.1 Å². The number of anilines is 6. The second-order valence-electron chi connectivity index (χ2n) is 25.2. The molecule has 0 N–H and O–H groups in total. The number of benzene rings is 6. The van der Waals surface area contributed by atoms with Gasteiger partial charge in [-0.3, -0.25) is 0 Å². The summed E-state index contributed by atoms with van der Waals surface area (Å²) in [5, 5.41) is 0. The van der Waals surface area contributed by atoms with Crippen molar-refractivity contribution in [1.29, 1.82) is 0 Å². The molecular formula is C61H73BN2. The van der Waals surface area contributed by atoms with Gasteiger partial charge in [-0.25, -0.2) is 0 Å². The smallest absolute Gasteiger partial charge is 0.252 e. The molecule has 0 spiro atoms. The van der Waals surface area contributed by atoms with Crippen molar-refractivity contribution in [3.63, 3.8) is 0 Å². The van der Waals surface area contributed by atoms with Crippen LogP contribution in [-0.4, -0.2) is 6.71 Å². The zero-order valence-corrected chi connectivity index (χ0v) is 42.3. The molecule has 0 saturated carbocycles. The van der Waals surface area contributed by atoms with E-state index in [1.54, 1.807) is 0 Å². The van der Waals surface area contributed by atoms with Crippen LogP contribution in [-0.2, 0) is 32.5 Å². The summed E-state index contributed by atoms with van der Waals surface area (Å²) in [5.41, 5.74) is 24.1. The van der Waals surface area contributed by atoms with Crippen LogP contribution in [0, 0.1) is 6.92 Å². The summed E-state index contributed by atoms with van der Waals surface area (Å²) in [7, 11) is 0. The Balaban J connectivity index is 1.38. The van der Waals surface area contributed by atoms with Crippen LogP contribution in [0.25, 0.3) is 11.1 Å². The molecule has 0 radical (unpaired) electrons. The third kappa shape index (κ3) is 7.34. The van der Waals surface area contributed by atoms with Crippen LogP contribution in [0.1, 0.15) is 163 Å². The van der Waals surface area contributed by atoms with E-state index in [2.05, 4.69) is 237 Å². The molecule has 2 aliphatic heterocycles. The third-order valence-electron chi connectivity index (χ3n) is 15.2. The summed E-state index contributed by atoms with van der Waals surface area (Å²) < 4.78 is 0. The maximum atomic E-state index is 2.65. The summed E-state index contributed by atoms with van der Waals surface area (Å²) >= 11 is 0. The fourth-order valence-electron chi connectivity index (χ4n) is 10.9. The summed E-state index contributed by atoms with van der Waals surface area (Å²) in [4.78, 5) is 5.23. The fraction of sp³-hybridized carbons (Fsp3) is 0.410. The van der Waals surface area contributed by atoms with Crippen molar-refractivity contribution in [3.05, 3.63) is 148 Å². The molecule has 3 heteroatoms. The van der Waals surface area contributed by atoms with Crippen LogP contribution in [0.15, 0.2) is 109 Å². The SMILES string of the molecule is Cc1cc2c3c(c1)N(c1ccc(C(C)(C)C)cc1-c1ccc4c(c1)C(C)(C)CCC4(C)C)c1ccc(C(C)(C)C)cc1B3c1cc(C(C)(C)C)ccc1N2c1ccc(C(C)(C)C)cc1. The molecule has 0 atom stereocenters. The monoisotopic (exact) mass is 845 g/mol. The van der Waals surface area contributed by atoms with E-state index >= 15 is 0 Å². The zero-order chi connectivity index (χ0) is 46.3. The molecule has 0 amide bonds. The Morgan fingerprint density at radius 2 is 0.859 bits per heavy atom. The second kappa shape index (κ2) is 14.5. The van der Waals surface area contributed by atoms with Gasteiger partial charge in [0.2, 0.25) is 0 Å². The molecule has 330 valence electrons. The second-order valence-corrected chi connectivity index (χ2v) is 25.2. The first kappa shape index (κ1) is 44.2. The molecule has 1 aliphatic carbocycles. The standard InChI is InChI=1S/C61H73BN2/c1-38-32-53-55-54(33-38)64(50-27-21-41(57(5,6)7)35-45(50)39-18-26-46-47(34-39)61(16,17)31-30-60(46,14)15)52-29-23-43(59(11,12)13)37-49(52)62(55)48-36-42(58(8,9)10)22-28-51(48)63(53)44-24-19-40(20-25-44)56(2,3)4/h18-29,32-37H,30-31H2,1-17H3. The average molecular weight is 845 g/mol. The highest BCUT2D eigenvalue weighted by Crippen LogP contribution is 2.51. The zero-order valence-electron chi connectivity index (χ0n) is 42.3. The quantitative estimate of drug-likeness (QED) is 0.164. The molecule has 0 bridgehead atoms. The Labute approximate surface area is 387 Å². The van der Waals surface area contributed by atoms with E-state index in [4.69, 9.17) is 0 Å². The minimum atomic E-state index is -0.0228. The van der Waals surface area contributed by atoms with Gasteiger partial charge >= 0.3 is 0 Å². The highest BCUT2D eigenvalue weighted by Gasteiger charge is 2.45. The minimum absolute atomic E-state index is 0.0102. The molecule has 0 aromatic heterocycles. The number of nitrogens with zero attached hydrogens (tertiary/aromatic N) is 2. The lowest BCUT2D eigenvalue weighted by molar-refractivity contribution is 0.332. The van der Waals surface area contributed by atoms with Crippen LogP contribution in [0.4, 0.5) is 34.1 Å². The van der Waals surface area contributed by atoms with Gasteiger partial charge in [0, 0.05) is 34.0 Å². The van der Waals surface area contributed by atoms with Gasteiger partial charge in [-0.15, -0.1) is 0 Å². The molecule has 3 aliphatic rings. The van der Waals surface area contributed by atoms with E-state index in [-0.39, 0.29) is 39.2 Å². The van der Waals surface area contributed by atoms with Crippen LogP contribution in [0.2, 0.25) is 0 Å². The van der Waals surface area contributed by atoms with Gasteiger partial charge in [-0.05, 0) is 162 Å². The van der Waals surface area contributed by atoms with E-state index in [0.29, 0.717) is 0 Å². The first-order valence-electron chi connectivity index (χ1n) is 24.1. The van der Waals surface area contributed by atoms with Gasteiger partial charge in [-0.2, -0.15) is 0 Å². The van der Waals surface area contributed by atoms with Crippen molar-refractivity contribution < 1.29 is 0 Å². The Kier molecular flexibility index (Phi) is 10.0. The molecule has 2 nitrogen and oxygen atoms in total. The summed E-state index contributed by atoms with van der Waals surface area (Å²) in [6, 6.07) is 43.9. The Morgan fingerprint density at radius 3 is 1.38 bits per heavy atom. The molecule has 0 unspecified atom stereocenters. The van der Waals surface area contributed by atoms with Gasteiger partial charge in [0.15, 0.2) is 0 Å². The first-order valence-corrected chi connectivity index (χ1v) is 24.1. The Hall–Kier alpha value is -5.02. The van der Waals surface area contributed by atoms with Gasteiger partial charge in [0.1, 0.15) is 0 Å². The Morgan fingerprint density at radius 1 is 0.422 bits per heavy atom. The van der Waals surface area contributed by atoms with Gasteiger partial charge in [0.05, 0.1) is 5.69 Å². The van der Waals surface area contributed by atoms with Crippen LogP contribution >= 0.6 is 0 Å². The van der Waals surface area contributed by atoms with Crippen molar-refractivity contribution in [2.24, 2.45) is 0 Å². The summed E-state index contributed by atoms with van der Waals surface area (Å²) in [5.74, 6) is 0. The molecule has 0 fully saturated rings. The van der Waals surface area contributed by atoms with E-state index in [9.17, 15) is 0 Å². The molecule has 64 heavy (non-hydrogen) atoms. The van der Waals surface area contributed by atoms with Crippen LogP contribution < -0.4 is 26.2 Å². The first-order chi connectivity index (χ1) is 29.6. The maximum Gasteiger partial charge on any atom is 0.252 e. The van der Waals surface area contributed by atoms with E-state index in [1.807, 2.05) is 0 Å². The lowest BCUT2D eigenvalue weighted by Crippen LogP contribution is -2.61. The van der Waals surface area contributed by atoms with Crippen molar-refractivity contribution in [2.75, 3.05) is 9.80 Å². The molecule has 6 aromatic carbocycles. The number of hydrogen-bond donors (Lipinski definition) is 0. The number of aryl methyl sites for hydroxylation is 1. The van der Waals surface area contributed by atoms with Gasteiger partial charge in [-0.1, -0.05) is 171 Å². The van der Waals surface area contributed by atoms with Crippen LogP contribution in [0.3, 0.4) is 0 Å². The van der Waals surface area contributed by atoms with Gasteiger partial charge in [0.25, 0.3) is 6.71 Å². The van der Waals surface area contributed by atoms with Crippen molar-refractivity contribution >= 4 is 57.2 Å². The lowest BCUT2D eigenvalue weighted by Gasteiger charge is -2.45. The van der Waals surface area contributed by atoms with Crippen LogP contribution in [0.5, 0.6) is 0 Å². The largest absolute Gasteiger partial charge is 0.311 e. The molecule has 2 heterocycles. The fourth-order valence-corrected chi connectivity index (χ4v) is 10.9. The third-order valence-corrected chi connectivity index (χ3v) is 15.2. The highest BCUT2D eigenvalue weighted by atomic mass is 15.2. The predicted octanol–water partition coefficient (Wildman–Crippen LogP) is 15.3. The maximum absolute atomic E-state index is 2.65. The molecule has 0 saturated heterocycles. The highest BCUT2D eigenvalue weighted by molar-refractivity contribution is 7.00. The van der Waals surface area contributed by atoms with Crippen molar-refractivity contribution in [2.45, 2.75) is 163 Å². The lowest BCUT2D eigenvalue weighted by atomic mass is 9.33. The molecule has 6 aromatic rings. The Bertz CT molecular complexity index is 2830. The number of hydrogen-bond acceptors (Lipinski definition) is 2. The minimum Gasteiger partial charge on any atom is -0.311 e. The number of rotatable bonds is 3. The molecule has 9 rings (SSSR count). The van der Waals surface area contributed by atoms with E-state index in [0.717, 1.165) is 0 Å². The topological polar surface area (TPSA) is 6.48 Å². The normalized spacial score (nSPS) is 16.5. The molecular weight excluding hydrogens is 771 g/mol. The van der Waals surface area contributed by atoms with E-state index < -0.39 is 0 Å². The summed E-state index contributed by atoms with van der Waals surface area (Å²) in [6.07, 6.45) is 2.39. The van der Waals surface area contributed by atoms with E-state index in [1.165, 1.54) is 113 Å². The van der Waals surface area contributed by atoms with Gasteiger partial charge < -0.3 is 9.80 Å². The summed E-state index contributed by atoms with van der Waals surface area (Å²) in [6.45, 7) is 40.2. The number of fused-ring (bicyclic) bond motifs is 5. The predicted molar refractivity (Wildman–Crippen MR) is 281 cm³/mol.